The molecule has 4 aliphatic rings. The zero-order chi connectivity index (χ0) is 13.9. The number of hydrogen-bond donors (Lipinski definition) is 0. The van der Waals surface area contributed by atoms with Crippen molar-refractivity contribution in [2.75, 3.05) is 20.7 Å². The van der Waals surface area contributed by atoms with E-state index in [0.717, 1.165) is 12.3 Å². The summed E-state index contributed by atoms with van der Waals surface area (Å²) in [4.78, 5) is 14.1. The number of ether oxygens (including phenoxy) is 1. The van der Waals surface area contributed by atoms with E-state index >= 15 is 0 Å². The summed E-state index contributed by atoms with van der Waals surface area (Å²) in [6, 6.07) is 6.26. The Kier molecular flexibility index (Phi) is 2.21. The third-order valence-electron chi connectivity index (χ3n) is 4.91. The maximum atomic E-state index is 12.2. The molecule has 1 aromatic rings. The van der Waals surface area contributed by atoms with Crippen LogP contribution in [0.25, 0.3) is 0 Å². The Morgan fingerprint density at radius 3 is 3.05 bits per heavy atom. The lowest BCUT2D eigenvalue weighted by molar-refractivity contribution is -0.132. The number of likely N-dealkylation sites (N-methyl/N-ethyl adjacent to an activating group) is 1. The Bertz CT molecular complexity index is 674. The molecule has 1 aromatic carbocycles. The van der Waals surface area contributed by atoms with E-state index in [9.17, 15) is 4.79 Å². The molecule has 102 valence electrons. The summed E-state index contributed by atoms with van der Waals surface area (Å²) < 4.78 is 5.37. The van der Waals surface area contributed by atoms with Crippen molar-refractivity contribution in [3.05, 3.63) is 53.1 Å². The Labute approximate surface area is 118 Å². The first kappa shape index (κ1) is 11.8. The Balaban J connectivity index is 1.93. The van der Waals surface area contributed by atoms with Crippen LogP contribution in [0.4, 0.5) is 0 Å². The van der Waals surface area contributed by atoms with E-state index in [1.54, 1.807) is 7.11 Å². The average Bonchev–Trinajstić information content (AvgIpc) is 2.47. The van der Waals surface area contributed by atoms with Crippen LogP contribution in [0, 0.1) is 0 Å². The predicted molar refractivity (Wildman–Crippen MR) is 76.9 cm³/mol. The molecule has 1 saturated heterocycles. The molecule has 0 radical (unpaired) electrons. The Morgan fingerprint density at radius 2 is 2.25 bits per heavy atom. The van der Waals surface area contributed by atoms with Gasteiger partial charge in [0, 0.05) is 31.3 Å². The molecule has 1 spiro atoms. The highest BCUT2D eigenvalue weighted by Crippen LogP contribution is 2.53. The van der Waals surface area contributed by atoms with Gasteiger partial charge >= 0.3 is 0 Å². The SMILES string of the molecule is COc1ccc2c(c1)C13C=CC2C=C1CN(C)C(=O)C3. The fourth-order valence-electron chi connectivity index (χ4n) is 3.77. The molecular weight excluding hydrogens is 250 g/mol. The van der Waals surface area contributed by atoms with Gasteiger partial charge in [-0.25, -0.2) is 0 Å². The lowest BCUT2D eigenvalue weighted by Crippen LogP contribution is -2.48. The number of nitrogens with zero attached hydrogens (tertiary/aromatic N) is 1. The molecule has 1 aliphatic heterocycles. The van der Waals surface area contributed by atoms with Gasteiger partial charge in [0.1, 0.15) is 5.75 Å². The number of allylic oxidation sites excluding steroid dienone is 3. The van der Waals surface area contributed by atoms with Crippen LogP contribution in [-0.2, 0) is 10.2 Å². The summed E-state index contributed by atoms with van der Waals surface area (Å²) in [6.07, 6.45) is 7.33. The Morgan fingerprint density at radius 1 is 1.40 bits per heavy atom. The summed E-state index contributed by atoms with van der Waals surface area (Å²) in [5, 5.41) is 0. The van der Waals surface area contributed by atoms with Crippen LogP contribution >= 0.6 is 0 Å². The quantitative estimate of drug-likeness (QED) is 0.731. The van der Waals surface area contributed by atoms with Crippen LogP contribution in [0.2, 0.25) is 0 Å². The van der Waals surface area contributed by atoms with Gasteiger partial charge in [-0.15, -0.1) is 0 Å². The maximum Gasteiger partial charge on any atom is 0.224 e. The standard InChI is InChI=1S/C17H17NO2/c1-18-10-12-7-11-5-6-17(12,9-16(18)19)15-8-13(20-2)3-4-14(11)15/h3-8,11H,9-10H2,1-2H3. The first-order valence-electron chi connectivity index (χ1n) is 6.97. The van der Waals surface area contributed by atoms with Crippen LogP contribution in [0.3, 0.4) is 0 Å². The minimum Gasteiger partial charge on any atom is -0.497 e. The first-order chi connectivity index (χ1) is 9.64. The van der Waals surface area contributed by atoms with Crippen LogP contribution in [0.1, 0.15) is 23.5 Å². The number of methoxy groups -OCH3 is 1. The highest BCUT2D eigenvalue weighted by atomic mass is 16.5. The van der Waals surface area contributed by atoms with Crippen molar-refractivity contribution < 1.29 is 9.53 Å². The number of likely N-dealkylation sites (tertiary alicyclic amines) is 1. The zero-order valence-corrected chi connectivity index (χ0v) is 11.7. The number of amides is 1. The van der Waals surface area contributed by atoms with Gasteiger partial charge in [0.15, 0.2) is 0 Å². The summed E-state index contributed by atoms with van der Waals surface area (Å²) in [6.45, 7) is 0.732. The minimum absolute atomic E-state index is 0.209. The highest BCUT2D eigenvalue weighted by Gasteiger charge is 2.47. The number of benzene rings is 1. The van der Waals surface area contributed by atoms with Crippen LogP contribution in [0.5, 0.6) is 5.75 Å². The van der Waals surface area contributed by atoms with E-state index in [0.29, 0.717) is 12.3 Å². The van der Waals surface area contributed by atoms with E-state index in [1.807, 2.05) is 18.0 Å². The molecular formula is C17H17NO2. The number of rotatable bonds is 1. The highest BCUT2D eigenvalue weighted by molar-refractivity contribution is 5.83. The van der Waals surface area contributed by atoms with Gasteiger partial charge in [0.05, 0.1) is 7.11 Å². The van der Waals surface area contributed by atoms with Gasteiger partial charge < -0.3 is 9.64 Å². The summed E-state index contributed by atoms with van der Waals surface area (Å²) in [5.41, 5.74) is 3.69. The van der Waals surface area contributed by atoms with Gasteiger partial charge in [0.2, 0.25) is 5.91 Å². The van der Waals surface area contributed by atoms with Crippen LogP contribution in [-0.4, -0.2) is 31.5 Å². The number of carbonyl (C=O) groups excluding carboxylic acids is 1. The van der Waals surface area contributed by atoms with Gasteiger partial charge in [-0.3, -0.25) is 4.79 Å². The van der Waals surface area contributed by atoms with Gasteiger partial charge in [-0.1, -0.05) is 24.3 Å². The second-order valence-electron chi connectivity index (χ2n) is 5.93. The Hall–Kier alpha value is -2.03. The molecule has 2 atom stereocenters. The van der Waals surface area contributed by atoms with E-state index in [2.05, 4.69) is 30.4 Å². The van der Waals surface area contributed by atoms with Gasteiger partial charge in [-0.2, -0.15) is 0 Å². The molecule has 2 bridgehead atoms. The summed E-state index contributed by atoms with van der Waals surface area (Å²) >= 11 is 0. The van der Waals surface area contributed by atoms with E-state index in [1.165, 1.54) is 16.7 Å². The molecule has 3 aliphatic carbocycles. The van der Waals surface area contributed by atoms with Crippen molar-refractivity contribution in [3.8, 4) is 5.75 Å². The first-order valence-corrected chi connectivity index (χ1v) is 6.97. The fraction of sp³-hybridized carbons (Fsp3) is 0.353. The summed E-state index contributed by atoms with van der Waals surface area (Å²) in [5.74, 6) is 1.42. The van der Waals surface area contributed by atoms with Crippen molar-refractivity contribution in [1.82, 2.24) is 4.90 Å². The average molecular weight is 267 g/mol. The molecule has 1 heterocycles. The maximum absolute atomic E-state index is 12.2. The van der Waals surface area contributed by atoms with Crippen LogP contribution < -0.4 is 4.74 Å². The smallest absolute Gasteiger partial charge is 0.224 e. The second kappa shape index (κ2) is 3.75. The molecule has 1 amide bonds. The van der Waals surface area contributed by atoms with Gasteiger partial charge in [0.25, 0.3) is 0 Å². The van der Waals surface area contributed by atoms with E-state index in [-0.39, 0.29) is 11.3 Å². The monoisotopic (exact) mass is 267 g/mol. The third-order valence-corrected chi connectivity index (χ3v) is 4.91. The lowest BCUT2D eigenvalue weighted by atomic mass is 9.59. The van der Waals surface area contributed by atoms with Gasteiger partial charge in [-0.05, 0) is 28.8 Å². The van der Waals surface area contributed by atoms with Crippen molar-refractivity contribution in [2.45, 2.75) is 17.8 Å². The molecule has 3 nitrogen and oxygen atoms in total. The van der Waals surface area contributed by atoms with E-state index < -0.39 is 0 Å². The molecule has 1 fully saturated rings. The minimum atomic E-state index is -0.234. The second-order valence-corrected chi connectivity index (χ2v) is 5.93. The summed E-state index contributed by atoms with van der Waals surface area (Å²) in [7, 11) is 3.57. The van der Waals surface area contributed by atoms with Crippen molar-refractivity contribution >= 4 is 5.91 Å². The molecule has 0 N–H and O–H groups in total. The lowest BCUT2D eigenvalue weighted by Gasteiger charge is -2.48. The van der Waals surface area contributed by atoms with E-state index in [4.69, 9.17) is 4.74 Å². The normalized spacial score (nSPS) is 29.9. The largest absolute Gasteiger partial charge is 0.497 e. The topological polar surface area (TPSA) is 29.5 Å². The molecule has 0 aromatic heterocycles. The third kappa shape index (κ3) is 1.33. The molecule has 5 rings (SSSR count). The van der Waals surface area contributed by atoms with Crippen molar-refractivity contribution in [1.29, 1.82) is 0 Å². The molecule has 2 unspecified atom stereocenters. The molecule has 3 heteroatoms. The zero-order valence-electron chi connectivity index (χ0n) is 11.7. The van der Waals surface area contributed by atoms with Crippen molar-refractivity contribution in [3.63, 3.8) is 0 Å². The van der Waals surface area contributed by atoms with Crippen LogP contribution in [0.15, 0.2) is 42.0 Å². The number of piperidine rings is 1. The fourth-order valence-corrected chi connectivity index (χ4v) is 3.77. The number of carbonyl (C=O) groups is 1. The molecule has 0 saturated carbocycles. The predicted octanol–water partition coefficient (Wildman–Crippen LogP) is 2.39. The number of hydrogen-bond acceptors (Lipinski definition) is 2. The molecule has 20 heavy (non-hydrogen) atoms. The van der Waals surface area contributed by atoms with Crippen molar-refractivity contribution in [2.24, 2.45) is 0 Å².